The average Bonchev–Trinajstić information content (AvgIpc) is 3.15. The minimum Gasteiger partial charge on any atom is -0.339 e. The molecule has 1 aliphatic heterocycles. The maximum atomic E-state index is 13.8. The van der Waals surface area contributed by atoms with Crippen molar-refractivity contribution in [2.75, 3.05) is 13.1 Å². The van der Waals surface area contributed by atoms with Crippen LogP contribution < -0.4 is 0 Å². The summed E-state index contributed by atoms with van der Waals surface area (Å²) in [6.07, 6.45) is 0. The van der Waals surface area contributed by atoms with Gasteiger partial charge in [-0.05, 0) is 23.6 Å². The summed E-state index contributed by atoms with van der Waals surface area (Å²) in [4.78, 5) is 4.59. The number of aromatic nitrogens is 2. The lowest BCUT2D eigenvalue weighted by atomic mass is 10.0. The standard InChI is InChI=1S/C15H11F2N3O3S2/c16-10-3-4-13(11(17)6-10)25(21,22)20-7-9(8-20)15-18-14(19-23-15)12-2-1-5-24-12/h1-6,9H,7-8H2. The van der Waals surface area contributed by atoms with E-state index in [-0.39, 0.29) is 19.0 Å². The lowest BCUT2D eigenvalue weighted by Gasteiger charge is -2.35. The first-order valence-corrected chi connectivity index (χ1v) is 9.60. The number of thiophene rings is 1. The van der Waals surface area contributed by atoms with Crippen LogP contribution >= 0.6 is 11.3 Å². The van der Waals surface area contributed by atoms with Crippen LogP contribution in [0.1, 0.15) is 11.8 Å². The first-order chi connectivity index (χ1) is 11.9. The van der Waals surface area contributed by atoms with Crippen molar-refractivity contribution in [3.05, 3.63) is 53.2 Å². The zero-order chi connectivity index (χ0) is 17.6. The van der Waals surface area contributed by atoms with E-state index in [0.717, 1.165) is 21.3 Å². The molecule has 4 rings (SSSR count). The van der Waals surface area contributed by atoms with Gasteiger partial charge in [0.15, 0.2) is 0 Å². The van der Waals surface area contributed by atoms with Gasteiger partial charge >= 0.3 is 0 Å². The molecule has 0 amide bonds. The normalized spacial score (nSPS) is 16.1. The third kappa shape index (κ3) is 2.86. The summed E-state index contributed by atoms with van der Waals surface area (Å²) in [5.41, 5.74) is 0. The number of sulfonamides is 1. The molecule has 1 saturated heterocycles. The quantitative estimate of drug-likeness (QED) is 0.692. The summed E-state index contributed by atoms with van der Waals surface area (Å²) < 4.78 is 57.8. The lowest BCUT2D eigenvalue weighted by molar-refractivity contribution is 0.216. The van der Waals surface area contributed by atoms with Crippen molar-refractivity contribution in [3.8, 4) is 10.7 Å². The molecule has 0 radical (unpaired) electrons. The number of halogens is 2. The van der Waals surface area contributed by atoms with Crippen LogP contribution in [0.2, 0.25) is 0 Å². The van der Waals surface area contributed by atoms with E-state index in [1.807, 2.05) is 17.5 Å². The summed E-state index contributed by atoms with van der Waals surface area (Å²) in [6.45, 7) is 0.205. The minimum absolute atomic E-state index is 0.102. The average molecular weight is 383 g/mol. The Morgan fingerprint density at radius 2 is 2.04 bits per heavy atom. The van der Waals surface area contributed by atoms with Crippen LogP contribution in [0, 0.1) is 11.6 Å². The molecular weight excluding hydrogens is 372 g/mol. The van der Waals surface area contributed by atoms with Gasteiger partial charge in [-0.25, -0.2) is 17.2 Å². The van der Waals surface area contributed by atoms with Gasteiger partial charge in [0.1, 0.15) is 16.5 Å². The molecule has 0 aliphatic carbocycles. The fourth-order valence-electron chi connectivity index (χ4n) is 2.52. The predicted octanol–water partition coefficient (Wildman–Crippen LogP) is 2.86. The summed E-state index contributed by atoms with van der Waals surface area (Å²) in [7, 11) is -4.02. The number of hydrogen-bond acceptors (Lipinski definition) is 6. The van der Waals surface area contributed by atoms with E-state index >= 15 is 0 Å². The third-order valence-electron chi connectivity index (χ3n) is 3.89. The summed E-state index contributed by atoms with van der Waals surface area (Å²) in [5.74, 6) is -1.39. The van der Waals surface area contributed by atoms with Gasteiger partial charge < -0.3 is 4.52 Å². The van der Waals surface area contributed by atoms with Crippen molar-refractivity contribution in [2.24, 2.45) is 0 Å². The highest BCUT2D eigenvalue weighted by molar-refractivity contribution is 7.89. The fourth-order valence-corrected chi connectivity index (χ4v) is 4.75. The molecule has 2 aromatic heterocycles. The zero-order valence-electron chi connectivity index (χ0n) is 12.6. The number of benzene rings is 1. The Morgan fingerprint density at radius 3 is 2.72 bits per heavy atom. The van der Waals surface area contributed by atoms with E-state index in [4.69, 9.17) is 4.52 Å². The molecule has 1 aromatic carbocycles. The first kappa shape index (κ1) is 16.3. The topological polar surface area (TPSA) is 76.3 Å². The second-order valence-corrected chi connectivity index (χ2v) is 8.38. The summed E-state index contributed by atoms with van der Waals surface area (Å²) in [5, 5.41) is 5.77. The Balaban J connectivity index is 1.50. The number of rotatable bonds is 4. The molecule has 0 atom stereocenters. The van der Waals surface area contributed by atoms with Gasteiger partial charge in [0.2, 0.25) is 21.7 Å². The molecular formula is C15H11F2N3O3S2. The molecule has 1 fully saturated rings. The van der Waals surface area contributed by atoms with Crippen LogP contribution in [0.25, 0.3) is 10.7 Å². The molecule has 1 aliphatic rings. The van der Waals surface area contributed by atoms with E-state index in [1.165, 1.54) is 11.3 Å². The highest BCUT2D eigenvalue weighted by Gasteiger charge is 2.41. The third-order valence-corrected chi connectivity index (χ3v) is 6.62. The smallest absolute Gasteiger partial charge is 0.246 e. The second kappa shape index (κ2) is 5.97. The van der Waals surface area contributed by atoms with Gasteiger partial charge in [-0.2, -0.15) is 9.29 Å². The van der Waals surface area contributed by atoms with Crippen LogP contribution in [-0.4, -0.2) is 36.0 Å². The SMILES string of the molecule is O=S(=O)(c1ccc(F)cc1F)N1CC(c2nc(-c3cccs3)no2)C1. The van der Waals surface area contributed by atoms with E-state index in [9.17, 15) is 17.2 Å². The maximum absolute atomic E-state index is 13.8. The van der Waals surface area contributed by atoms with Crippen molar-refractivity contribution >= 4 is 21.4 Å². The van der Waals surface area contributed by atoms with E-state index < -0.39 is 26.6 Å². The summed E-state index contributed by atoms with van der Waals surface area (Å²) >= 11 is 1.47. The molecule has 3 heterocycles. The maximum Gasteiger partial charge on any atom is 0.246 e. The van der Waals surface area contributed by atoms with E-state index in [0.29, 0.717) is 17.8 Å². The number of hydrogen-bond donors (Lipinski definition) is 0. The minimum atomic E-state index is -4.02. The van der Waals surface area contributed by atoms with Crippen LogP contribution in [0.4, 0.5) is 8.78 Å². The van der Waals surface area contributed by atoms with Gasteiger partial charge in [0.05, 0.1) is 10.8 Å². The second-order valence-electron chi connectivity index (χ2n) is 5.53. The van der Waals surface area contributed by atoms with Crippen LogP contribution in [0.5, 0.6) is 0 Å². The molecule has 3 aromatic rings. The Bertz CT molecular complexity index is 1010. The van der Waals surface area contributed by atoms with Crippen molar-refractivity contribution in [2.45, 2.75) is 10.8 Å². The molecule has 10 heteroatoms. The van der Waals surface area contributed by atoms with Crippen LogP contribution in [0.15, 0.2) is 45.1 Å². The van der Waals surface area contributed by atoms with E-state index in [1.54, 1.807) is 0 Å². The van der Waals surface area contributed by atoms with Gasteiger partial charge in [-0.15, -0.1) is 11.3 Å². The highest BCUT2D eigenvalue weighted by atomic mass is 32.2. The molecule has 130 valence electrons. The van der Waals surface area contributed by atoms with Crippen molar-refractivity contribution in [1.29, 1.82) is 0 Å². The Morgan fingerprint density at radius 1 is 1.24 bits per heavy atom. The van der Waals surface area contributed by atoms with Gasteiger partial charge in [0.25, 0.3) is 0 Å². The van der Waals surface area contributed by atoms with Gasteiger partial charge in [-0.3, -0.25) is 0 Å². The zero-order valence-corrected chi connectivity index (χ0v) is 14.2. The van der Waals surface area contributed by atoms with Crippen molar-refractivity contribution in [1.82, 2.24) is 14.4 Å². The largest absolute Gasteiger partial charge is 0.339 e. The number of nitrogens with zero attached hydrogens (tertiary/aromatic N) is 3. The molecule has 0 spiro atoms. The molecule has 25 heavy (non-hydrogen) atoms. The van der Waals surface area contributed by atoms with Crippen LogP contribution in [-0.2, 0) is 10.0 Å². The predicted molar refractivity (Wildman–Crippen MR) is 85.5 cm³/mol. The molecule has 0 saturated carbocycles. The first-order valence-electron chi connectivity index (χ1n) is 7.28. The van der Waals surface area contributed by atoms with Crippen LogP contribution in [0.3, 0.4) is 0 Å². The molecule has 0 N–H and O–H groups in total. The Hall–Kier alpha value is -2.17. The summed E-state index contributed by atoms with van der Waals surface area (Å²) in [6, 6.07) is 6.11. The monoisotopic (exact) mass is 383 g/mol. The van der Waals surface area contributed by atoms with Crippen molar-refractivity contribution < 1.29 is 21.7 Å². The fraction of sp³-hybridized carbons (Fsp3) is 0.200. The Labute approximate surface area is 145 Å². The molecule has 0 bridgehead atoms. The molecule has 6 nitrogen and oxygen atoms in total. The van der Waals surface area contributed by atoms with Crippen molar-refractivity contribution in [3.63, 3.8) is 0 Å². The van der Waals surface area contributed by atoms with Gasteiger partial charge in [0, 0.05) is 19.2 Å². The molecule has 0 unspecified atom stereocenters. The Kier molecular flexibility index (Phi) is 3.89. The van der Waals surface area contributed by atoms with E-state index in [2.05, 4.69) is 10.1 Å². The lowest BCUT2D eigenvalue weighted by Crippen LogP contribution is -2.48. The highest BCUT2D eigenvalue weighted by Crippen LogP contribution is 2.33. The van der Waals surface area contributed by atoms with Gasteiger partial charge in [-0.1, -0.05) is 11.2 Å².